The molecule has 4 fully saturated rings. The highest BCUT2D eigenvalue weighted by Gasteiger charge is 2.47. The number of benzene rings is 2. The van der Waals surface area contributed by atoms with E-state index in [0.717, 1.165) is 64.1 Å². The summed E-state index contributed by atoms with van der Waals surface area (Å²) in [6.45, 7) is 6.90. The van der Waals surface area contributed by atoms with Crippen molar-refractivity contribution >= 4 is 17.5 Å². The molecule has 1 amide bonds. The van der Waals surface area contributed by atoms with Crippen molar-refractivity contribution in [3.63, 3.8) is 0 Å². The minimum Gasteiger partial charge on any atom is -0.351 e. The fourth-order valence-corrected chi connectivity index (χ4v) is 8.13. The summed E-state index contributed by atoms with van der Waals surface area (Å²) in [6, 6.07) is 14.1. The molecule has 4 nitrogen and oxygen atoms in total. The van der Waals surface area contributed by atoms with Crippen LogP contribution < -0.4 is 5.32 Å². The molecule has 0 radical (unpaired) electrons. The van der Waals surface area contributed by atoms with Gasteiger partial charge in [-0.2, -0.15) is 5.10 Å². The number of amides is 1. The Bertz CT molecular complexity index is 1280. The van der Waals surface area contributed by atoms with Gasteiger partial charge in [-0.05, 0) is 119 Å². The van der Waals surface area contributed by atoms with E-state index in [-0.39, 0.29) is 5.91 Å². The second-order valence-corrected chi connectivity index (χ2v) is 12.5. The molecule has 4 aliphatic rings. The molecule has 2 aromatic carbocycles. The van der Waals surface area contributed by atoms with Crippen molar-refractivity contribution < 1.29 is 4.79 Å². The molecule has 1 aromatic heterocycles. The lowest BCUT2D eigenvalue weighted by molar-refractivity contribution is -0.0401. The predicted octanol–water partition coefficient (Wildman–Crippen LogP) is 7.70. The number of carbonyl (C=O) groups is 1. The molecular weight excluding hydrogens is 478 g/mol. The van der Waals surface area contributed by atoms with E-state index in [0.29, 0.717) is 17.3 Å². The maximum Gasteiger partial charge on any atom is 0.272 e. The topological polar surface area (TPSA) is 46.9 Å². The van der Waals surface area contributed by atoms with Gasteiger partial charge in [-0.3, -0.25) is 4.79 Å². The van der Waals surface area contributed by atoms with Crippen LogP contribution in [0.1, 0.15) is 72.1 Å². The summed E-state index contributed by atoms with van der Waals surface area (Å²) in [6.07, 6.45) is 9.67. The van der Waals surface area contributed by atoms with Gasteiger partial charge in [-0.25, -0.2) is 4.68 Å². The molecule has 0 aliphatic heterocycles. The van der Waals surface area contributed by atoms with Crippen LogP contribution in [0.15, 0.2) is 42.5 Å². The van der Waals surface area contributed by atoms with E-state index in [1.54, 1.807) is 0 Å². The molecule has 4 saturated carbocycles. The fraction of sp³-hybridized carbons (Fsp3) is 0.500. The number of nitrogens with one attached hydrogen (secondary N) is 1. The first-order valence-corrected chi connectivity index (χ1v) is 14.5. The summed E-state index contributed by atoms with van der Waals surface area (Å²) in [5.74, 6) is 4.73. The minimum atomic E-state index is -0.0821. The van der Waals surface area contributed by atoms with Crippen molar-refractivity contribution in [3.05, 3.63) is 69.9 Å². The number of hydrogen-bond acceptors (Lipinski definition) is 2. The molecule has 5 heteroatoms. The smallest absolute Gasteiger partial charge is 0.272 e. The van der Waals surface area contributed by atoms with E-state index in [1.807, 2.05) is 35.9 Å². The fourth-order valence-electron chi connectivity index (χ4n) is 8.01. The zero-order valence-corrected chi connectivity index (χ0v) is 23.0. The Balaban J connectivity index is 1.19. The highest BCUT2D eigenvalue weighted by atomic mass is 35.5. The molecule has 0 saturated heterocycles. The lowest BCUT2D eigenvalue weighted by atomic mass is 9.51. The van der Waals surface area contributed by atoms with Crippen LogP contribution in [0.4, 0.5) is 0 Å². The molecule has 0 unspecified atom stereocenters. The second-order valence-electron chi connectivity index (χ2n) is 12.0. The standard InChI is InChI=1S/C32H38ClN3O/c1-19-6-11-29(20(2)13-19)36-31(24-7-9-27(33)10-8-24)21(3)30(35-36)32(37)34-12-4-5-28-25-15-22-14-23(17-25)18-26(28)16-22/h6-11,13,22-23,25-26,28H,4-5,12,14-18H2,1-3H3,(H,34,37). The molecule has 37 heavy (non-hydrogen) atoms. The second kappa shape index (κ2) is 9.94. The van der Waals surface area contributed by atoms with E-state index < -0.39 is 0 Å². The van der Waals surface area contributed by atoms with Crippen LogP contribution in [0.5, 0.6) is 0 Å². The summed E-state index contributed by atoms with van der Waals surface area (Å²) in [7, 11) is 0. The van der Waals surface area contributed by atoms with E-state index in [1.165, 1.54) is 44.1 Å². The van der Waals surface area contributed by atoms with Crippen LogP contribution in [0.3, 0.4) is 0 Å². The number of aryl methyl sites for hydroxylation is 2. The Hall–Kier alpha value is -2.59. The Morgan fingerprint density at radius 3 is 2.30 bits per heavy atom. The number of halogens is 1. The molecule has 0 spiro atoms. The average molecular weight is 516 g/mol. The van der Waals surface area contributed by atoms with Crippen molar-refractivity contribution in [1.29, 1.82) is 0 Å². The monoisotopic (exact) mass is 515 g/mol. The SMILES string of the molecule is Cc1ccc(-n2nc(C(=O)NCCCC3C4CC5CC(C4)CC3C5)c(C)c2-c2ccc(Cl)cc2)c(C)c1. The van der Waals surface area contributed by atoms with Crippen LogP contribution >= 0.6 is 11.6 Å². The Kier molecular flexibility index (Phi) is 6.65. The first-order valence-electron chi connectivity index (χ1n) is 14.1. The van der Waals surface area contributed by atoms with Crippen LogP contribution in [0, 0.1) is 50.4 Å². The van der Waals surface area contributed by atoms with Crippen LogP contribution in [0.2, 0.25) is 5.02 Å². The lowest BCUT2D eigenvalue weighted by Crippen LogP contribution is -2.45. The summed E-state index contributed by atoms with van der Waals surface area (Å²) in [5.41, 5.74) is 6.63. The maximum atomic E-state index is 13.4. The van der Waals surface area contributed by atoms with Crippen LogP contribution in [-0.4, -0.2) is 22.2 Å². The third-order valence-electron chi connectivity index (χ3n) is 9.46. The van der Waals surface area contributed by atoms with E-state index in [4.69, 9.17) is 16.7 Å². The van der Waals surface area contributed by atoms with E-state index >= 15 is 0 Å². The summed E-state index contributed by atoms with van der Waals surface area (Å²) in [5, 5.41) is 8.76. The van der Waals surface area contributed by atoms with E-state index in [9.17, 15) is 4.79 Å². The third kappa shape index (κ3) is 4.74. The predicted molar refractivity (Wildman–Crippen MR) is 150 cm³/mol. The van der Waals surface area contributed by atoms with Gasteiger partial charge < -0.3 is 5.32 Å². The number of hydrogen-bond donors (Lipinski definition) is 1. The van der Waals surface area contributed by atoms with Gasteiger partial charge in [-0.1, -0.05) is 41.4 Å². The van der Waals surface area contributed by atoms with Gasteiger partial charge in [-0.15, -0.1) is 0 Å². The lowest BCUT2D eigenvalue weighted by Gasteiger charge is -2.54. The average Bonchev–Trinajstić information content (AvgIpc) is 3.20. The van der Waals surface area contributed by atoms with Gasteiger partial charge >= 0.3 is 0 Å². The normalized spacial score (nSPS) is 26.0. The molecule has 0 atom stereocenters. The van der Waals surface area contributed by atoms with Crippen LogP contribution in [-0.2, 0) is 0 Å². The molecule has 194 valence electrons. The number of aromatic nitrogens is 2. The zero-order valence-electron chi connectivity index (χ0n) is 22.3. The highest BCUT2D eigenvalue weighted by molar-refractivity contribution is 6.30. The molecule has 4 bridgehead atoms. The number of carbonyl (C=O) groups excluding carboxylic acids is 1. The summed E-state index contributed by atoms with van der Waals surface area (Å²) < 4.78 is 1.93. The van der Waals surface area contributed by atoms with Gasteiger partial charge in [0, 0.05) is 22.7 Å². The van der Waals surface area contributed by atoms with Gasteiger partial charge in [0.25, 0.3) is 5.91 Å². The van der Waals surface area contributed by atoms with E-state index in [2.05, 4.69) is 37.4 Å². The molecule has 1 heterocycles. The van der Waals surface area contributed by atoms with Gasteiger partial charge in [0.15, 0.2) is 5.69 Å². The van der Waals surface area contributed by atoms with Gasteiger partial charge in [0.05, 0.1) is 11.4 Å². The first-order chi connectivity index (χ1) is 17.9. The van der Waals surface area contributed by atoms with Crippen LogP contribution in [0.25, 0.3) is 16.9 Å². The van der Waals surface area contributed by atoms with Crippen molar-refractivity contribution in [3.8, 4) is 16.9 Å². The summed E-state index contributed by atoms with van der Waals surface area (Å²) >= 11 is 6.17. The molecule has 4 aliphatic carbocycles. The molecule has 3 aromatic rings. The minimum absolute atomic E-state index is 0.0821. The number of nitrogens with zero attached hydrogens (tertiary/aromatic N) is 2. The molecule has 7 rings (SSSR count). The first kappa shape index (κ1) is 24.7. The van der Waals surface area contributed by atoms with Crippen molar-refractivity contribution in [1.82, 2.24) is 15.1 Å². The zero-order chi connectivity index (χ0) is 25.7. The van der Waals surface area contributed by atoms with Gasteiger partial charge in [0.1, 0.15) is 0 Å². The molecular formula is C32H38ClN3O. The Morgan fingerprint density at radius 1 is 0.973 bits per heavy atom. The molecule has 1 N–H and O–H groups in total. The quantitative estimate of drug-likeness (QED) is 0.328. The Morgan fingerprint density at radius 2 is 1.65 bits per heavy atom. The number of rotatable bonds is 7. The third-order valence-corrected chi connectivity index (χ3v) is 9.71. The Labute approximate surface area is 225 Å². The largest absolute Gasteiger partial charge is 0.351 e. The summed E-state index contributed by atoms with van der Waals surface area (Å²) in [4.78, 5) is 13.4. The van der Waals surface area contributed by atoms with Crippen molar-refractivity contribution in [2.45, 2.75) is 65.7 Å². The highest BCUT2D eigenvalue weighted by Crippen LogP contribution is 2.57. The maximum absolute atomic E-state index is 13.4. The van der Waals surface area contributed by atoms with Crippen molar-refractivity contribution in [2.75, 3.05) is 6.54 Å². The van der Waals surface area contributed by atoms with Gasteiger partial charge in [0.2, 0.25) is 0 Å². The van der Waals surface area contributed by atoms with Crippen molar-refractivity contribution in [2.24, 2.45) is 29.6 Å².